The topological polar surface area (TPSA) is 13.1 Å². The molecule has 0 saturated heterocycles. The maximum atomic E-state index is 2.47. The Morgan fingerprint density at radius 2 is 0.786 bits per heavy atom. The van der Waals surface area contributed by atoms with Crippen LogP contribution in [0, 0.1) is 0 Å². The fraction of sp³-hybridized carbons (Fsp3) is 0.0448. The van der Waals surface area contributed by atoms with Crippen molar-refractivity contribution in [3.8, 4) is 44.8 Å². The van der Waals surface area contributed by atoms with Crippen LogP contribution >= 0.6 is 0 Å². The lowest BCUT2D eigenvalue weighted by Crippen LogP contribution is -2.17. The van der Waals surface area contributed by atoms with Gasteiger partial charge in [-0.2, -0.15) is 0 Å². The quantitative estimate of drug-likeness (QED) is 0.155. The molecule has 0 radical (unpaired) electrons. The minimum Gasteiger partial charge on any atom is -0.310 e. The first-order valence-corrected chi connectivity index (χ1v) is 24.3. The number of para-hydroxylation sites is 4. The van der Waals surface area contributed by atoms with E-state index in [1.807, 2.05) is 0 Å². The summed E-state index contributed by atoms with van der Waals surface area (Å²) < 4.78 is 4.85. The Morgan fingerprint density at radius 1 is 0.314 bits per heavy atom. The fourth-order valence-electron chi connectivity index (χ4n) is 11.7. The van der Waals surface area contributed by atoms with Gasteiger partial charge in [0.25, 0.3) is 0 Å². The highest BCUT2D eigenvalue weighted by Gasteiger charge is 2.36. The highest BCUT2D eigenvalue weighted by atomic mass is 15.1. The van der Waals surface area contributed by atoms with Crippen molar-refractivity contribution in [1.29, 1.82) is 0 Å². The van der Waals surface area contributed by atoms with Crippen molar-refractivity contribution < 1.29 is 0 Å². The molecule has 0 amide bonds. The Kier molecular flexibility index (Phi) is 8.93. The lowest BCUT2D eigenvalue weighted by molar-refractivity contribution is 0.660. The van der Waals surface area contributed by atoms with Crippen molar-refractivity contribution in [2.24, 2.45) is 0 Å². The van der Waals surface area contributed by atoms with Crippen LogP contribution in [0.2, 0.25) is 0 Å². The standard InChI is InChI=1S/C67H47N3/c1-67(2)59-41-46(47-32-37-58-57-25-11-14-26-61(57)69(66(58)42-47)48-19-7-4-8-20-48)31-36-51(59)52-38-35-50(43-60(52)67)68(49-33-29-45(30-34-49)44-17-5-3-6-18-44)64-39-40-65(56-22-10-9-21-55(56)64)70-62-27-15-12-23-53(62)54-24-13-16-28-63(54)70/h3-43H,1-2H3. The number of nitrogens with zero attached hydrogens (tertiary/aromatic N) is 3. The Labute approximate surface area is 407 Å². The molecule has 0 spiro atoms. The summed E-state index contributed by atoms with van der Waals surface area (Å²) in [6.07, 6.45) is 0. The van der Waals surface area contributed by atoms with Gasteiger partial charge in [-0.1, -0.05) is 184 Å². The van der Waals surface area contributed by atoms with Gasteiger partial charge in [-0.25, -0.2) is 0 Å². The normalized spacial score (nSPS) is 12.8. The summed E-state index contributed by atoms with van der Waals surface area (Å²) in [6, 6.07) is 91.7. The number of anilines is 3. The lowest BCUT2D eigenvalue weighted by atomic mass is 9.81. The summed E-state index contributed by atoms with van der Waals surface area (Å²) in [7, 11) is 0. The first kappa shape index (κ1) is 40.2. The van der Waals surface area contributed by atoms with Crippen molar-refractivity contribution in [3.05, 3.63) is 260 Å². The predicted molar refractivity (Wildman–Crippen MR) is 296 cm³/mol. The van der Waals surface area contributed by atoms with Gasteiger partial charge in [0.15, 0.2) is 0 Å². The highest BCUT2D eigenvalue weighted by Crippen LogP contribution is 2.52. The summed E-state index contributed by atoms with van der Waals surface area (Å²) in [4.78, 5) is 2.47. The molecule has 2 heterocycles. The maximum absolute atomic E-state index is 2.47. The Morgan fingerprint density at radius 3 is 1.46 bits per heavy atom. The molecule has 330 valence electrons. The SMILES string of the molecule is CC1(C)c2cc(-c3ccc4c5ccccc5n(-c5ccccc5)c4c3)ccc2-c2ccc(N(c3ccc(-c4ccccc4)cc3)c3ccc(-n4c5ccccc5c5ccccc54)c4ccccc34)cc21. The molecule has 0 fully saturated rings. The molecule has 2 aromatic heterocycles. The zero-order valence-corrected chi connectivity index (χ0v) is 39.0. The second kappa shape index (κ2) is 15.6. The van der Waals surface area contributed by atoms with Gasteiger partial charge in [0.1, 0.15) is 0 Å². The van der Waals surface area contributed by atoms with Crippen LogP contribution in [0.25, 0.3) is 99.1 Å². The van der Waals surface area contributed by atoms with Crippen molar-refractivity contribution in [2.75, 3.05) is 4.90 Å². The first-order valence-electron chi connectivity index (χ1n) is 24.3. The van der Waals surface area contributed by atoms with E-state index in [0.717, 1.165) is 22.7 Å². The Bertz CT molecular complexity index is 4140. The number of hydrogen-bond acceptors (Lipinski definition) is 1. The van der Waals surface area contributed by atoms with Crippen LogP contribution in [0.15, 0.2) is 249 Å². The van der Waals surface area contributed by atoms with E-state index >= 15 is 0 Å². The second-order valence-corrected chi connectivity index (χ2v) is 19.3. The zero-order chi connectivity index (χ0) is 46.5. The van der Waals surface area contributed by atoms with Crippen molar-refractivity contribution >= 4 is 71.4 Å². The van der Waals surface area contributed by atoms with Gasteiger partial charge in [0, 0.05) is 54.8 Å². The molecule has 0 saturated carbocycles. The number of fused-ring (bicyclic) bond motifs is 10. The van der Waals surface area contributed by atoms with E-state index in [4.69, 9.17) is 0 Å². The molecule has 0 bridgehead atoms. The number of aromatic nitrogens is 2. The van der Waals surface area contributed by atoms with Crippen molar-refractivity contribution in [3.63, 3.8) is 0 Å². The summed E-state index contributed by atoms with van der Waals surface area (Å²) in [5, 5.41) is 7.42. The highest BCUT2D eigenvalue weighted by molar-refractivity contribution is 6.13. The molecule has 1 aliphatic rings. The smallest absolute Gasteiger partial charge is 0.0547 e. The summed E-state index contributed by atoms with van der Waals surface area (Å²) in [6.45, 7) is 4.80. The molecule has 11 aromatic carbocycles. The van der Waals surface area contributed by atoms with E-state index in [1.165, 1.54) is 105 Å². The third-order valence-electron chi connectivity index (χ3n) is 15.1. The maximum Gasteiger partial charge on any atom is 0.0547 e. The molecule has 14 rings (SSSR count). The van der Waals surface area contributed by atoms with Crippen LogP contribution in [0.4, 0.5) is 17.1 Å². The number of rotatable bonds is 7. The van der Waals surface area contributed by atoms with E-state index in [1.54, 1.807) is 0 Å². The van der Waals surface area contributed by atoms with Crippen molar-refractivity contribution in [1.82, 2.24) is 9.13 Å². The molecule has 13 aromatic rings. The zero-order valence-electron chi connectivity index (χ0n) is 39.0. The Balaban J connectivity index is 0.909. The van der Waals surface area contributed by atoms with Gasteiger partial charge >= 0.3 is 0 Å². The van der Waals surface area contributed by atoms with E-state index in [2.05, 4.69) is 277 Å². The first-order chi connectivity index (χ1) is 34.5. The van der Waals surface area contributed by atoms with Crippen LogP contribution in [0.1, 0.15) is 25.0 Å². The molecular weight excluding hydrogens is 847 g/mol. The van der Waals surface area contributed by atoms with Gasteiger partial charge in [0.05, 0.1) is 33.4 Å². The van der Waals surface area contributed by atoms with Crippen LogP contribution in [-0.2, 0) is 5.41 Å². The summed E-state index contributed by atoms with van der Waals surface area (Å²) in [5.41, 5.74) is 20.4. The average Bonchev–Trinajstić information content (AvgIpc) is 4.01. The third kappa shape index (κ3) is 6.08. The number of hydrogen-bond donors (Lipinski definition) is 0. The van der Waals surface area contributed by atoms with E-state index in [9.17, 15) is 0 Å². The molecule has 0 aliphatic heterocycles. The molecule has 1 aliphatic carbocycles. The Hall–Kier alpha value is -8.92. The van der Waals surface area contributed by atoms with E-state index in [-0.39, 0.29) is 5.41 Å². The minimum absolute atomic E-state index is 0.259. The third-order valence-corrected chi connectivity index (χ3v) is 15.1. The van der Waals surface area contributed by atoms with Crippen LogP contribution in [0.3, 0.4) is 0 Å². The largest absolute Gasteiger partial charge is 0.310 e. The molecule has 0 unspecified atom stereocenters. The fourth-order valence-corrected chi connectivity index (χ4v) is 11.7. The predicted octanol–water partition coefficient (Wildman–Crippen LogP) is 18.1. The molecule has 3 heteroatoms. The molecule has 3 nitrogen and oxygen atoms in total. The van der Waals surface area contributed by atoms with Gasteiger partial charge < -0.3 is 14.0 Å². The van der Waals surface area contributed by atoms with Gasteiger partial charge in [0.2, 0.25) is 0 Å². The summed E-state index contributed by atoms with van der Waals surface area (Å²) in [5.74, 6) is 0. The minimum atomic E-state index is -0.259. The van der Waals surface area contributed by atoms with Gasteiger partial charge in [-0.05, 0) is 123 Å². The van der Waals surface area contributed by atoms with Gasteiger partial charge in [-0.3, -0.25) is 0 Å². The monoisotopic (exact) mass is 893 g/mol. The van der Waals surface area contributed by atoms with Crippen LogP contribution < -0.4 is 4.90 Å². The second-order valence-electron chi connectivity index (χ2n) is 19.3. The molecule has 0 atom stereocenters. The van der Waals surface area contributed by atoms with Crippen LogP contribution in [0.5, 0.6) is 0 Å². The average molecular weight is 894 g/mol. The van der Waals surface area contributed by atoms with Gasteiger partial charge in [-0.15, -0.1) is 0 Å². The van der Waals surface area contributed by atoms with Crippen molar-refractivity contribution in [2.45, 2.75) is 19.3 Å². The molecule has 0 N–H and O–H groups in total. The van der Waals surface area contributed by atoms with E-state index in [0.29, 0.717) is 0 Å². The number of benzene rings is 11. The lowest BCUT2D eigenvalue weighted by Gasteiger charge is -2.30. The molecule has 70 heavy (non-hydrogen) atoms. The molecular formula is C67H47N3. The van der Waals surface area contributed by atoms with Crippen LogP contribution in [-0.4, -0.2) is 9.13 Å². The van der Waals surface area contributed by atoms with E-state index < -0.39 is 0 Å². The summed E-state index contributed by atoms with van der Waals surface area (Å²) >= 11 is 0.